The van der Waals surface area contributed by atoms with E-state index in [1.165, 1.54) is 0 Å². The van der Waals surface area contributed by atoms with Crippen LogP contribution in [0.2, 0.25) is 0 Å². The van der Waals surface area contributed by atoms with Gasteiger partial charge < -0.3 is 15.8 Å². The van der Waals surface area contributed by atoms with Crippen LogP contribution in [0.25, 0.3) is 0 Å². The van der Waals surface area contributed by atoms with Crippen molar-refractivity contribution in [3.05, 3.63) is 42.2 Å². The highest BCUT2D eigenvalue weighted by Gasteiger charge is 2.15. The number of rotatable bonds is 6. The van der Waals surface area contributed by atoms with Crippen LogP contribution in [0.5, 0.6) is 5.75 Å². The molecule has 21 heavy (non-hydrogen) atoms. The van der Waals surface area contributed by atoms with Crippen LogP contribution in [0.1, 0.15) is 19.4 Å². The molecule has 1 unspecified atom stereocenters. The molecule has 2 aromatic rings. The molecule has 3 N–H and O–H groups in total. The molecule has 112 valence electrons. The van der Waals surface area contributed by atoms with Crippen LogP contribution in [-0.4, -0.2) is 21.8 Å². The molecule has 1 aromatic carbocycles. The molecule has 0 aliphatic rings. The van der Waals surface area contributed by atoms with Crippen molar-refractivity contribution in [1.29, 1.82) is 0 Å². The van der Waals surface area contributed by atoms with E-state index in [1.807, 2.05) is 31.2 Å². The van der Waals surface area contributed by atoms with Crippen molar-refractivity contribution in [2.45, 2.75) is 33.0 Å². The van der Waals surface area contributed by atoms with Crippen LogP contribution in [0.3, 0.4) is 0 Å². The Labute approximate surface area is 123 Å². The van der Waals surface area contributed by atoms with Crippen molar-refractivity contribution in [3.8, 4) is 5.75 Å². The largest absolute Gasteiger partial charge is 0.478 e. The first-order valence-corrected chi connectivity index (χ1v) is 6.91. The number of carbonyl (C=O) groups excluding carboxylic acids is 1. The Hall–Kier alpha value is -2.34. The van der Waals surface area contributed by atoms with E-state index in [0.717, 1.165) is 12.1 Å². The van der Waals surface area contributed by atoms with Crippen LogP contribution < -0.4 is 15.8 Å². The zero-order valence-corrected chi connectivity index (χ0v) is 12.2. The lowest BCUT2D eigenvalue weighted by Gasteiger charge is -2.13. The number of amides is 1. The van der Waals surface area contributed by atoms with Gasteiger partial charge in [0.1, 0.15) is 0 Å². The third-order valence-electron chi connectivity index (χ3n) is 3.05. The highest BCUT2D eigenvalue weighted by atomic mass is 16.5. The van der Waals surface area contributed by atoms with Crippen molar-refractivity contribution in [2.24, 2.45) is 5.73 Å². The summed E-state index contributed by atoms with van der Waals surface area (Å²) in [7, 11) is 0. The monoisotopic (exact) mass is 288 g/mol. The van der Waals surface area contributed by atoms with E-state index in [4.69, 9.17) is 10.5 Å². The van der Waals surface area contributed by atoms with Gasteiger partial charge in [0.25, 0.3) is 5.91 Å². The van der Waals surface area contributed by atoms with Crippen molar-refractivity contribution in [1.82, 2.24) is 9.78 Å². The molecule has 6 nitrogen and oxygen atoms in total. The molecule has 0 radical (unpaired) electrons. The normalized spacial score (nSPS) is 12.0. The van der Waals surface area contributed by atoms with Gasteiger partial charge in [0, 0.05) is 18.8 Å². The average Bonchev–Trinajstić information content (AvgIpc) is 2.95. The Bertz CT molecular complexity index is 609. The van der Waals surface area contributed by atoms with Gasteiger partial charge in [0.2, 0.25) is 0 Å². The maximum Gasteiger partial charge on any atom is 0.265 e. The summed E-state index contributed by atoms with van der Waals surface area (Å²) in [5, 5.41) is 6.91. The molecule has 0 aliphatic heterocycles. The lowest BCUT2D eigenvalue weighted by Crippen LogP contribution is -2.30. The highest BCUT2D eigenvalue weighted by molar-refractivity contribution is 5.94. The number of nitrogens with one attached hydrogen (secondary N) is 1. The number of ether oxygens (including phenoxy) is 1. The Morgan fingerprint density at radius 2 is 2.33 bits per heavy atom. The number of nitrogens with zero attached hydrogens (tertiary/aromatic N) is 2. The maximum atomic E-state index is 12.1. The third-order valence-corrected chi connectivity index (χ3v) is 3.05. The first kappa shape index (κ1) is 15.1. The minimum Gasteiger partial charge on any atom is -0.478 e. The predicted molar refractivity (Wildman–Crippen MR) is 81.0 cm³/mol. The average molecular weight is 288 g/mol. The smallest absolute Gasteiger partial charge is 0.265 e. The lowest BCUT2D eigenvalue weighted by molar-refractivity contribution is -0.122. The van der Waals surface area contributed by atoms with E-state index in [0.29, 0.717) is 18.0 Å². The Balaban J connectivity index is 1.95. The zero-order chi connectivity index (χ0) is 15.2. The van der Waals surface area contributed by atoms with Crippen LogP contribution in [-0.2, 0) is 17.9 Å². The topological polar surface area (TPSA) is 82.2 Å². The number of aryl methyl sites for hydroxylation is 1. The van der Waals surface area contributed by atoms with Gasteiger partial charge in [-0.25, -0.2) is 0 Å². The summed E-state index contributed by atoms with van der Waals surface area (Å²) < 4.78 is 7.31. The summed E-state index contributed by atoms with van der Waals surface area (Å²) in [6, 6.07) is 7.43. The van der Waals surface area contributed by atoms with Crippen LogP contribution in [0, 0.1) is 0 Å². The number of hydrogen-bond donors (Lipinski definition) is 2. The fourth-order valence-corrected chi connectivity index (χ4v) is 1.86. The van der Waals surface area contributed by atoms with E-state index < -0.39 is 6.10 Å². The molecule has 1 amide bonds. The quantitative estimate of drug-likeness (QED) is 0.848. The van der Waals surface area contributed by atoms with E-state index >= 15 is 0 Å². The summed E-state index contributed by atoms with van der Waals surface area (Å²) in [5.74, 6) is 0.364. The SMILES string of the molecule is CCn1cc(OC(C)C(=O)Nc2cccc(CN)c2)cn1. The van der Waals surface area contributed by atoms with Crippen LogP contribution in [0.15, 0.2) is 36.7 Å². The van der Waals surface area contributed by atoms with Crippen LogP contribution in [0.4, 0.5) is 5.69 Å². The van der Waals surface area contributed by atoms with Gasteiger partial charge in [-0.2, -0.15) is 5.10 Å². The number of nitrogens with two attached hydrogens (primary N) is 1. The summed E-state index contributed by atoms with van der Waals surface area (Å²) in [4.78, 5) is 12.1. The second-order valence-electron chi connectivity index (χ2n) is 4.69. The highest BCUT2D eigenvalue weighted by Crippen LogP contribution is 2.13. The van der Waals surface area contributed by atoms with Gasteiger partial charge in [-0.3, -0.25) is 9.48 Å². The molecule has 0 saturated carbocycles. The molecule has 6 heteroatoms. The number of hydrogen-bond acceptors (Lipinski definition) is 4. The van der Waals surface area contributed by atoms with Gasteiger partial charge in [0.05, 0.1) is 12.4 Å². The molecule has 2 rings (SSSR count). The number of anilines is 1. The standard InChI is InChI=1S/C15H20N4O2/c1-3-19-10-14(9-17-19)21-11(2)15(20)18-13-6-4-5-12(7-13)8-16/h4-7,9-11H,3,8,16H2,1-2H3,(H,18,20). The Kier molecular flexibility index (Phi) is 4.94. The summed E-state index contributed by atoms with van der Waals surface area (Å²) in [5.41, 5.74) is 7.25. The third kappa shape index (κ3) is 4.06. The molecule has 1 heterocycles. The van der Waals surface area contributed by atoms with Crippen molar-refractivity contribution in [2.75, 3.05) is 5.32 Å². The second kappa shape index (κ2) is 6.90. The molecule has 0 bridgehead atoms. The van der Waals surface area contributed by atoms with Gasteiger partial charge in [-0.05, 0) is 31.5 Å². The van der Waals surface area contributed by atoms with Crippen molar-refractivity contribution >= 4 is 11.6 Å². The first-order valence-electron chi connectivity index (χ1n) is 6.91. The Morgan fingerprint density at radius 1 is 1.52 bits per heavy atom. The summed E-state index contributed by atoms with van der Waals surface area (Å²) in [6.45, 7) is 4.88. The Morgan fingerprint density at radius 3 is 3.00 bits per heavy atom. The molecule has 0 saturated heterocycles. The maximum absolute atomic E-state index is 12.1. The summed E-state index contributed by atoms with van der Waals surface area (Å²) in [6.07, 6.45) is 2.75. The lowest BCUT2D eigenvalue weighted by atomic mass is 10.2. The minimum atomic E-state index is -0.610. The molecular formula is C15H20N4O2. The fraction of sp³-hybridized carbons (Fsp3) is 0.333. The molecule has 1 atom stereocenters. The summed E-state index contributed by atoms with van der Waals surface area (Å²) >= 11 is 0. The van der Waals surface area contributed by atoms with Gasteiger partial charge in [-0.1, -0.05) is 12.1 Å². The first-order chi connectivity index (χ1) is 10.1. The van der Waals surface area contributed by atoms with Gasteiger partial charge in [0.15, 0.2) is 11.9 Å². The van der Waals surface area contributed by atoms with E-state index in [9.17, 15) is 4.79 Å². The number of benzene rings is 1. The van der Waals surface area contributed by atoms with E-state index in [2.05, 4.69) is 10.4 Å². The number of aromatic nitrogens is 2. The van der Waals surface area contributed by atoms with Gasteiger partial charge >= 0.3 is 0 Å². The predicted octanol–water partition coefficient (Wildman–Crippen LogP) is 1.77. The molecule has 0 fully saturated rings. The minimum absolute atomic E-state index is 0.214. The van der Waals surface area contributed by atoms with Crippen molar-refractivity contribution in [3.63, 3.8) is 0 Å². The van der Waals surface area contributed by atoms with E-state index in [-0.39, 0.29) is 5.91 Å². The zero-order valence-electron chi connectivity index (χ0n) is 12.2. The number of carbonyl (C=O) groups is 1. The van der Waals surface area contributed by atoms with Gasteiger partial charge in [-0.15, -0.1) is 0 Å². The van der Waals surface area contributed by atoms with E-state index in [1.54, 1.807) is 24.0 Å². The molecule has 1 aromatic heterocycles. The molecule has 0 spiro atoms. The molecular weight excluding hydrogens is 268 g/mol. The molecule has 0 aliphatic carbocycles. The van der Waals surface area contributed by atoms with Crippen LogP contribution >= 0.6 is 0 Å². The fourth-order valence-electron chi connectivity index (χ4n) is 1.86. The van der Waals surface area contributed by atoms with Crippen molar-refractivity contribution < 1.29 is 9.53 Å². The second-order valence-corrected chi connectivity index (χ2v) is 4.69.